The first-order chi connectivity index (χ1) is 12.1. The zero-order valence-electron chi connectivity index (χ0n) is 13.6. The van der Waals surface area contributed by atoms with Gasteiger partial charge in [-0.25, -0.2) is 4.79 Å². The highest BCUT2D eigenvalue weighted by atomic mass is 19.4. The topological polar surface area (TPSA) is 108 Å². The molecule has 0 bridgehead atoms. The molecule has 11 heteroatoms. The molecular weight excluding hydrogens is 361 g/mol. The van der Waals surface area contributed by atoms with Crippen molar-refractivity contribution in [3.63, 3.8) is 0 Å². The van der Waals surface area contributed by atoms with Gasteiger partial charge in [0.15, 0.2) is 6.61 Å². The normalized spacial score (nSPS) is 10.3. The maximum absolute atomic E-state index is 12.5. The number of carbonyl (C=O) groups excluding carboxylic acids is 2. The van der Waals surface area contributed by atoms with Crippen LogP contribution in [0.1, 0.15) is 18.1 Å². The summed E-state index contributed by atoms with van der Waals surface area (Å²) in [5.41, 5.74) is -1.36. The third kappa shape index (κ3) is 5.97. The molecule has 0 unspecified atom stereocenters. The standard InChI is InChI=1S/C15H13F3N2O6/c1-3-25-14(22)26-6-4-5-10-7-9(2)8-11(20(23)24)12(10)19-13(21)15(16,17)18/h7-8H,3,6H2,1-2H3,(H,19,21). The fourth-order valence-corrected chi connectivity index (χ4v) is 1.71. The van der Waals surface area contributed by atoms with Crippen molar-refractivity contribution in [1.29, 1.82) is 0 Å². The molecule has 1 aromatic rings. The summed E-state index contributed by atoms with van der Waals surface area (Å²) in [6, 6.07) is 2.24. The Morgan fingerprint density at radius 1 is 1.31 bits per heavy atom. The fraction of sp³-hybridized carbons (Fsp3) is 0.333. The number of nitrogens with one attached hydrogen (secondary N) is 1. The number of alkyl halides is 3. The molecule has 140 valence electrons. The first-order valence-corrected chi connectivity index (χ1v) is 7.01. The molecule has 1 rings (SSSR count). The van der Waals surface area contributed by atoms with E-state index in [4.69, 9.17) is 0 Å². The number of aryl methyl sites for hydroxylation is 1. The van der Waals surface area contributed by atoms with Crippen molar-refractivity contribution in [2.75, 3.05) is 18.5 Å². The van der Waals surface area contributed by atoms with E-state index in [9.17, 15) is 32.9 Å². The number of amides is 1. The van der Waals surface area contributed by atoms with Gasteiger partial charge in [0, 0.05) is 6.07 Å². The van der Waals surface area contributed by atoms with E-state index in [0.29, 0.717) is 5.56 Å². The molecule has 0 spiro atoms. The molecule has 0 heterocycles. The summed E-state index contributed by atoms with van der Waals surface area (Å²) in [7, 11) is 0. The van der Waals surface area contributed by atoms with Gasteiger partial charge in [0.1, 0.15) is 5.69 Å². The zero-order valence-corrected chi connectivity index (χ0v) is 13.6. The van der Waals surface area contributed by atoms with Crippen LogP contribution in [0.15, 0.2) is 12.1 Å². The van der Waals surface area contributed by atoms with Crippen molar-refractivity contribution in [2.45, 2.75) is 20.0 Å². The lowest BCUT2D eigenvalue weighted by atomic mass is 10.1. The number of nitrogens with zero attached hydrogens (tertiary/aromatic N) is 1. The minimum Gasteiger partial charge on any atom is -0.435 e. The molecule has 0 aliphatic heterocycles. The summed E-state index contributed by atoms with van der Waals surface area (Å²) in [6.45, 7) is 2.62. The van der Waals surface area contributed by atoms with Gasteiger partial charge < -0.3 is 14.8 Å². The highest BCUT2D eigenvalue weighted by Crippen LogP contribution is 2.31. The number of benzene rings is 1. The minimum absolute atomic E-state index is 0.0734. The number of rotatable bonds is 4. The summed E-state index contributed by atoms with van der Waals surface area (Å²) in [4.78, 5) is 32.3. The Morgan fingerprint density at radius 3 is 2.50 bits per heavy atom. The van der Waals surface area contributed by atoms with E-state index < -0.39 is 41.1 Å². The molecular formula is C15H13F3N2O6. The van der Waals surface area contributed by atoms with E-state index in [-0.39, 0.29) is 12.2 Å². The lowest BCUT2D eigenvalue weighted by molar-refractivity contribution is -0.384. The average Bonchev–Trinajstić information content (AvgIpc) is 2.52. The van der Waals surface area contributed by atoms with E-state index in [1.165, 1.54) is 18.3 Å². The van der Waals surface area contributed by atoms with Gasteiger partial charge >= 0.3 is 18.2 Å². The lowest BCUT2D eigenvalue weighted by Gasteiger charge is -2.11. The molecule has 0 aromatic heterocycles. The summed E-state index contributed by atoms with van der Waals surface area (Å²) in [5.74, 6) is 2.26. The highest BCUT2D eigenvalue weighted by Gasteiger charge is 2.40. The Labute approximate surface area is 145 Å². The van der Waals surface area contributed by atoms with Crippen LogP contribution >= 0.6 is 0 Å². The third-order valence-electron chi connectivity index (χ3n) is 2.70. The monoisotopic (exact) mass is 374 g/mol. The van der Waals surface area contributed by atoms with Crippen LogP contribution in [0, 0.1) is 28.9 Å². The highest BCUT2D eigenvalue weighted by molar-refractivity contribution is 5.98. The van der Waals surface area contributed by atoms with E-state index in [0.717, 1.165) is 6.07 Å². The third-order valence-corrected chi connectivity index (χ3v) is 2.70. The van der Waals surface area contributed by atoms with Gasteiger partial charge in [-0.2, -0.15) is 13.2 Å². The largest absolute Gasteiger partial charge is 0.509 e. The summed E-state index contributed by atoms with van der Waals surface area (Å²) < 4.78 is 46.4. The van der Waals surface area contributed by atoms with Gasteiger partial charge in [0.25, 0.3) is 5.69 Å². The first kappa shape index (κ1) is 20.8. The fourth-order valence-electron chi connectivity index (χ4n) is 1.71. The quantitative estimate of drug-likeness (QED) is 0.376. The molecule has 26 heavy (non-hydrogen) atoms. The predicted octanol–water partition coefficient (Wildman–Crippen LogP) is 2.93. The van der Waals surface area contributed by atoms with Crippen molar-refractivity contribution in [3.8, 4) is 11.8 Å². The van der Waals surface area contributed by atoms with Crippen LogP contribution in [0.2, 0.25) is 0 Å². The maximum atomic E-state index is 12.5. The number of nitro benzene ring substituents is 1. The maximum Gasteiger partial charge on any atom is 0.509 e. The molecule has 0 aliphatic carbocycles. The minimum atomic E-state index is -5.24. The Hall–Kier alpha value is -3.29. The van der Waals surface area contributed by atoms with Gasteiger partial charge in [-0.1, -0.05) is 11.8 Å². The SMILES string of the molecule is CCOC(=O)OCC#Cc1cc(C)cc([N+](=O)[O-])c1NC(=O)C(F)(F)F. The van der Waals surface area contributed by atoms with Crippen LogP contribution in [0.4, 0.5) is 29.3 Å². The number of hydrogen-bond acceptors (Lipinski definition) is 6. The van der Waals surface area contributed by atoms with E-state index in [1.54, 1.807) is 6.92 Å². The first-order valence-electron chi connectivity index (χ1n) is 7.01. The Morgan fingerprint density at radius 2 is 1.96 bits per heavy atom. The molecule has 8 nitrogen and oxygen atoms in total. The summed E-state index contributed by atoms with van der Waals surface area (Å²) in [6.07, 6.45) is -6.24. The Kier molecular flexibility index (Phi) is 6.95. The molecule has 0 fully saturated rings. The number of ether oxygens (including phenoxy) is 2. The molecule has 1 amide bonds. The molecule has 0 radical (unpaired) electrons. The van der Waals surface area contributed by atoms with Crippen molar-refractivity contribution in [2.24, 2.45) is 0 Å². The van der Waals surface area contributed by atoms with Gasteiger partial charge in [-0.15, -0.1) is 0 Å². The van der Waals surface area contributed by atoms with Crippen LogP contribution in [0.5, 0.6) is 0 Å². The molecule has 1 aromatic carbocycles. The van der Waals surface area contributed by atoms with Gasteiger partial charge in [-0.3, -0.25) is 14.9 Å². The predicted molar refractivity (Wildman–Crippen MR) is 82.4 cm³/mol. The second-order valence-corrected chi connectivity index (χ2v) is 4.69. The van der Waals surface area contributed by atoms with Crippen LogP contribution < -0.4 is 5.32 Å². The zero-order chi connectivity index (χ0) is 19.9. The number of anilines is 1. The summed E-state index contributed by atoms with van der Waals surface area (Å²) >= 11 is 0. The van der Waals surface area contributed by atoms with Gasteiger partial charge in [0.05, 0.1) is 17.1 Å². The van der Waals surface area contributed by atoms with Crippen LogP contribution in [-0.4, -0.2) is 36.4 Å². The van der Waals surface area contributed by atoms with Gasteiger partial charge in [-0.05, 0) is 25.5 Å². The van der Waals surface area contributed by atoms with Crippen LogP contribution in [0.25, 0.3) is 0 Å². The number of carbonyl (C=O) groups is 2. The number of halogens is 3. The van der Waals surface area contributed by atoms with Crippen molar-refractivity contribution in [3.05, 3.63) is 33.4 Å². The Balaban J connectivity index is 3.19. The second-order valence-electron chi connectivity index (χ2n) is 4.69. The van der Waals surface area contributed by atoms with Crippen LogP contribution in [0.3, 0.4) is 0 Å². The summed E-state index contributed by atoms with van der Waals surface area (Å²) in [5, 5.41) is 12.5. The second kappa shape index (κ2) is 8.70. The van der Waals surface area contributed by atoms with E-state index in [1.807, 2.05) is 0 Å². The Bertz CT molecular complexity index is 780. The van der Waals surface area contributed by atoms with Crippen molar-refractivity contribution < 1.29 is 37.2 Å². The van der Waals surface area contributed by atoms with Crippen molar-refractivity contribution in [1.82, 2.24) is 0 Å². The molecule has 0 saturated heterocycles. The molecule has 0 aliphatic rings. The molecule has 1 N–H and O–H groups in total. The number of nitro groups is 1. The molecule has 0 atom stereocenters. The van der Waals surface area contributed by atoms with Crippen molar-refractivity contribution >= 4 is 23.4 Å². The van der Waals surface area contributed by atoms with Crippen LogP contribution in [-0.2, 0) is 14.3 Å². The smallest absolute Gasteiger partial charge is 0.435 e. The average molecular weight is 374 g/mol. The van der Waals surface area contributed by atoms with Gasteiger partial charge in [0.2, 0.25) is 0 Å². The van der Waals surface area contributed by atoms with E-state index >= 15 is 0 Å². The number of hydrogen-bond donors (Lipinski definition) is 1. The molecule has 0 saturated carbocycles. The van der Waals surface area contributed by atoms with E-state index in [2.05, 4.69) is 21.3 Å². The lowest BCUT2D eigenvalue weighted by Crippen LogP contribution is -2.30.